The molecular weight excluding hydrogens is 356 g/mol. The number of carbonyl (C=O) groups is 1. The van der Waals surface area contributed by atoms with Gasteiger partial charge in [0.2, 0.25) is 0 Å². The normalized spacial score (nSPS) is 13.8. The Morgan fingerprint density at radius 2 is 1.93 bits per heavy atom. The summed E-state index contributed by atoms with van der Waals surface area (Å²) in [6, 6.07) is 17.6. The number of nitrogens with zero attached hydrogens (tertiary/aromatic N) is 3. The van der Waals surface area contributed by atoms with Gasteiger partial charge >= 0.3 is 6.03 Å². The molecule has 4 rings (SSSR count). The van der Waals surface area contributed by atoms with E-state index in [4.69, 9.17) is 9.26 Å². The number of likely N-dealkylation sites (tertiary alicyclic amines) is 1. The quantitative estimate of drug-likeness (QED) is 0.713. The Balaban J connectivity index is 1.19. The second kappa shape index (κ2) is 8.12. The zero-order chi connectivity index (χ0) is 19.3. The van der Waals surface area contributed by atoms with E-state index in [0.29, 0.717) is 31.3 Å². The minimum absolute atomic E-state index is 0.0105. The molecule has 2 heterocycles. The topological polar surface area (TPSA) is 80.5 Å². The summed E-state index contributed by atoms with van der Waals surface area (Å²) >= 11 is 0. The zero-order valence-corrected chi connectivity index (χ0v) is 15.7. The van der Waals surface area contributed by atoms with Crippen LogP contribution in [0.4, 0.5) is 4.79 Å². The molecule has 1 aliphatic heterocycles. The molecule has 2 aromatic carbocycles. The van der Waals surface area contributed by atoms with Crippen molar-refractivity contribution in [2.24, 2.45) is 0 Å². The van der Waals surface area contributed by atoms with Crippen molar-refractivity contribution in [3.63, 3.8) is 0 Å². The molecule has 3 aromatic rings. The van der Waals surface area contributed by atoms with Crippen LogP contribution in [0.2, 0.25) is 0 Å². The third-order valence-electron chi connectivity index (χ3n) is 4.60. The molecule has 0 bridgehead atoms. The highest BCUT2D eigenvalue weighted by atomic mass is 16.5. The second-order valence-corrected chi connectivity index (χ2v) is 6.78. The van der Waals surface area contributed by atoms with E-state index in [9.17, 15) is 4.79 Å². The number of hydrogen-bond acceptors (Lipinski definition) is 5. The first-order chi connectivity index (χ1) is 13.7. The molecule has 0 unspecified atom stereocenters. The molecule has 144 valence electrons. The lowest BCUT2D eigenvalue weighted by Gasteiger charge is -2.38. The van der Waals surface area contributed by atoms with Crippen molar-refractivity contribution in [3.8, 4) is 17.2 Å². The maximum Gasteiger partial charge on any atom is 0.317 e. The Morgan fingerprint density at radius 3 is 2.61 bits per heavy atom. The van der Waals surface area contributed by atoms with Crippen LogP contribution in [0.1, 0.15) is 11.4 Å². The van der Waals surface area contributed by atoms with Crippen molar-refractivity contribution in [1.82, 2.24) is 20.4 Å². The molecule has 1 aromatic heterocycles. The predicted octanol–water partition coefficient (Wildman–Crippen LogP) is 3.06. The average Bonchev–Trinajstić information content (AvgIpc) is 3.12. The van der Waals surface area contributed by atoms with Crippen molar-refractivity contribution < 1.29 is 14.1 Å². The van der Waals surface area contributed by atoms with Crippen LogP contribution in [0, 0.1) is 6.92 Å². The highest BCUT2D eigenvalue weighted by molar-refractivity contribution is 5.75. The molecule has 0 radical (unpaired) electrons. The van der Waals surface area contributed by atoms with Gasteiger partial charge in [-0.05, 0) is 43.2 Å². The molecule has 0 aliphatic carbocycles. The summed E-state index contributed by atoms with van der Waals surface area (Å²) in [6.45, 7) is 3.58. The monoisotopic (exact) mass is 378 g/mol. The first-order valence-electron chi connectivity index (χ1n) is 9.31. The average molecular weight is 378 g/mol. The summed E-state index contributed by atoms with van der Waals surface area (Å²) in [6.07, 6.45) is 0.836. The van der Waals surface area contributed by atoms with Gasteiger partial charge in [-0.1, -0.05) is 35.5 Å². The van der Waals surface area contributed by atoms with Gasteiger partial charge in [0.05, 0.1) is 13.1 Å². The molecule has 1 saturated heterocycles. The number of rotatable bonds is 6. The van der Waals surface area contributed by atoms with E-state index in [1.165, 1.54) is 5.56 Å². The van der Waals surface area contributed by atoms with E-state index in [1.807, 2.05) is 42.5 Å². The first-order valence-corrected chi connectivity index (χ1v) is 9.31. The Bertz CT molecular complexity index is 918. The molecule has 0 spiro atoms. The summed E-state index contributed by atoms with van der Waals surface area (Å²) in [7, 11) is 0. The van der Waals surface area contributed by atoms with Gasteiger partial charge in [-0.15, -0.1) is 0 Å². The summed E-state index contributed by atoms with van der Waals surface area (Å²) in [5.74, 6) is 1.85. The van der Waals surface area contributed by atoms with Gasteiger partial charge in [0.1, 0.15) is 11.9 Å². The first kappa shape index (κ1) is 18.0. The summed E-state index contributed by atoms with van der Waals surface area (Å²) in [5.41, 5.74) is 2.06. The lowest BCUT2D eigenvalue weighted by Crippen LogP contribution is -2.59. The van der Waals surface area contributed by atoms with E-state index in [-0.39, 0.29) is 12.1 Å². The van der Waals surface area contributed by atoms with Crippen LogP contribution in [0.25, 0.3) is 11.5 Å². The maximum absolute atomic E-state index is 12.2. The summed E-state index contributed by atoms with van der Waals surface area (Å²) in [4.78, 5) is 18.1. The van der Waals surface area contributed by atoms with Gasteiger partial charge in [-0.2, -0.15) is 4.98 Å². The SMILES string of the molecule is Cc1noc(-c2ccc(OC3CN(C(=O)NCCc4ccccc4)C3)cc2)n1. The largest absolute Gasteiger partial charge is 0.487 e. The molecule has 1 N–H and O–H groups in total. The molecule has 7 nitrogen and oxygen atoms in total. The molecule has 28 heavy (non-hydrogen) atoms. The van der Waals surface area contributed by atoms with Gasteiger partial charge in [0, 0.05) is 12.1 Å². The standard InChI is InChI=1S/C21H22N4O3/c1-15-23-20(28-24-15)17-7-9-18(10-8-17)27-19-13-25(14-19)21(26)22-12-11-16-5-3-2-4-6-16/h2-10,19H,11-14H2,1H3,(H,22,26). The highest BCUT2D eigenvalue weighted by Gasteiger charge is 2.32. The van der Waals surface area contributed by atoms with Crippen LogP contribution in [0.15, 0.2) is 59.1 Å². The van der Waals surface area contributed by atoms with E-state index >= 15 is 0 Å². The Hall–Kier alpha value is -3.35. The van der Waals surface area contributed by atoms with Crippen molar-refractivity contribution in [2.75, 3.05) is 19.6 Å². The molecule has 1 aliphatic rings. The van der Waals surface area contributed by atoms with Crippen LogP contribution in [0.5, 0.6) is 5.75 Å². The number of carbonyl (C=O) groups excluding carboxylic acids is 1. The number of nitrogens with one attached hydrogen (secondary N) is 1. The van der Waals surface area contributed by atoms with Gasteiger partial charge in [0.15, 0.2) is 5.82 Å². The van der Waals surface area contributed by atoms with Crippen molar-refractivity contribution >= 4 is 6.03 Å². The number of benzene rings is 2. The zero-order valence-electron chi connectivity index (χ0n) is 15.7. The smallest absolute Gasteiger partial charge is 0.317 e. The van der Waals surface area contributed by atoms with E-state index in [0.717, 1.165) is 17.7 Å². The molecule has 2 amide bonds. The Kier molecular flexibility index (Phi) is 5.23. The fourth-order valence-electron chi connectivity index (χ4n) is 3.03. The van der Waals surface area contributed by atoms with Crippen molar-refractivity contribution in [2.45, 2.75) is 19.4 Å². The van der Waals surface area contributed by atoms with Crippen LogP contribution in [0.3, 0.4) is 0 Å². The lowest BCUT2D eigenvalue weighted by molar-refractivity contribution is 0.0445. The molecular formula is C21H22N4O3. The third kappa shape index (κ3) is 4.31. The van der Waals surface area contributed by atoms with E-state index in [1.54, 1.807) is 11.8 Å². The number of ether oxygens (including phenoxy) is 1. The second-order valence-electron chi connectivity index (χ2n) is 6.78. The fourth-order valence-corrected chi connectivity index (χ4v) is 3.03. The van der Waals surface area contributed by atoms with Crippen LogP contribution in [-0.4, -0.2) is 46.8 Å². The Morgan fingerprint density at radius 1 is 1.18 bits per heavy atom. The number of urea groups is 1. The van der Waals surface area contributed by atoms with Crippen LogP contribution >= 0.6 is 0 Å². The van der Waals surface area contributed by atoms with Crippen LogP contribution < -0.4 is 10.1 Å². The molecule has 1 fully saturated rings. The van der Waals surface area contributed by atoms with Gasteiger partial charge in [-0.25, -0.2) is 4.79 Å². The predicted molar refractivity (Wildman–Crippen MR) is 104 cm³/mol. The fraction of sp³-hybridized carbons (Fsp3) is 0.286. The van der Waals surface area contributed by atoms with Crippen molar-refractivity contribution in [3.05, 3.63) is 66.0 Å². The minimum Gasteiger partial charge on any atom is -0.487 e. The number of hydrogen-bond donors (Lipinski definition) is 1. The third-order valence-corrected chi connectivity index (χ3v) is 4.60. The van der Waals surface area contributed by atoms with Gasteiger partial charge < -0.3 is 19.5 Å². The van der Waals surface area contributed by atoms with E-state index < -0.39 is 0 Å². The number of aromatic nitrogens is 2. The summed E-state index contributed by atoms with van der Waals surface area (Å²) in [5, 5.41) is 6.74. The van der Waals surface area contributed by atoms with Gasteiger partial charge in [0.25, 0.3) is 5.89 Å². The summed E-state index contributed by atoms with van der Waals surface area (Å²) < 4.78 is 11.1. The number of aryl methyl sites for hydroxylation is 1. The minimum atomic E-state index is -0.0436. The van der Waals surface area contributed by atoms with Crippen LogP contribution in [-0.2, 0) is 6.42 Å². The maximum atomic E-state index is 12.2. The highest BCUT2D eigenvalue weighted by Crippen LogP contribution is 2.23. The van der Waals surface area contributed by atoms with E-state index in [2.05, 4.69) is 27.6 Å². The van der Waals surface area contributed by atoms with Gasteiger partial charge in [-0.3, -0.25) is 0 Å². The molecule has 0 saturated carbocycles. The van der Waals surface area contributed by atoms with Crippen molar-refractivity contribution in [1.29, 1.82) is 0 Å². The molecule has 0 atom stereocenters. The Labute approximate surface area is 163 Å². The number of amides is 2. The lowest BCUT2D eigenvalue weighted by atomic mass is 10.1. The molecule has 7 heteroatoms.